The number of Topliss-reactive ketones (excluding diaryl/α,β-unsaturated/α-hetero) is 1. The minimum absolute atomic E-state index is 0.259. The third-order valence-electron chi connectivity index (χ3n) is 1.51. The van der Waals surface area contributed by atoms with Crippen molar-refractivity contribution >= 4 is 5.78 Å². The molecule has 1 saturated heterocycles. The summed E-state index contributed by atoms with van der Waals surface area (Å²) in [5.74, 6) is 0.259. The van der Waals surface area contributed by atoms with Crippen LogP contribution in [0.1, 0.15) is 25.7 Å². The Labute approximate surface area is 55.2 Å². The molecule has 1 aliphatic rings. The fourth-order valence-corrected chi connectivity index (χ4v) is 0.961. The van der Waals surface area contributed by atoms with Crippen LogP contribution in [0.4, 0.5) is 0 Å². The maximum absolute atomic E-state index is 10.7. The minimum Gasteiger partial charge on any atom is -0.374 e. The third-order valence-corrected chi connectivity index (χ3v) is 1.51. The van der Waals surface area contributed by atoms with Crippen molar-refractivity contribution in [1.29, 1.82) is 0 Å². The Hall–Kier alpha value is -0.370. The van der Waals surface area contributed by atoms with E-state index in [0.717, 1.165) is 32.3 Å². The number of carbonyl (C=O) groups excluding carboxylic acids is 1. The minimum atomic E-state index is 0.259. The lowest BCUT2D eigenvalue weighted by atomic mass is 10.1. The molecule has 0 radical (unpaired) electrons. The molecule has 0 saturated carbocycles. The van der Waals surface area contributed by atoms with Gasteiger partial charge in [0.1, 0.15) is 6.61 Å². The van der Waals surface area contributed by atoms with Crippen molar-refractivity contribution in [3.05, 3.63) is 0 Å². The summed E-state index contributed by atoms with van der Waals surface area (Å²) in [6.45, 7) is 1.12. The zero-order valence-corrected chi connectivity index (χ0v) is 5.56. The molecule has 0 aromatic rings. The van der Waals surface area contributed by atoms with Crippen LogP contribution in [0.3, 0.4) is 0 Å². The van der Waals surface area contributed by atoms with Crippen LogP contribution in [0.25, 0.3) is 0 Å². The number of rotatable bonds is 0. The Kier molecular flexibility index (Phi) is 2.71. The maximum atomic E-state index is 10.7. The van der Waals surface area contributed by atoms with Crippen molar-refractivity contribution in [3.8, 4) is 0 Å². The molecule has 0 bridgehead atoms. The molecule has 1 heterocycles. The molecule has 0 atom stereocenters. The van der Waals surface area contributed by atoms with Gasteiger partial charge in [-0.05, 0) is 12.8 Å². The zero-order chi connectivity index (χ0) is 6.53. The van der Waals surface area contributed by atoms with Crippen molar-refractivity contribution in [2.24, 2.45) is 0 Å². The molecule has 1 rings (SSSR count). The Balaban J connectivity index is 2.20. The van der Waals surface area contributed by atoms with Gasteiger partial charge >= 0.3 is 0 Å². The van der Waals surface area contributed by atoms with Crippen LogP contribution in [0, 0.1) is 0 Å². The smallest absolute Gasteiger partial charge is 0.158 e. The van der Waals surface area contributed by atoms with Crippen LogP contribution in [-0.2, 0) is 9.53 Å². The summed E-state index contributed by atoms with van der Waals surface area (Å²) in [5, 5.41) is 0. The molecule has 0 unspecified atom stereocenters. The van der Waals surface area contributed by atoms with Crippen LogP contribution in [-0.4, -0.2) is 19.0 Å². The molecule has 0 amide bonds. The lowest BCUT2D eigenvalue weighted by molar-refractivity contribution is -0.124. The van der Waals surface area contributed by atoms with Crippen LogP contribution < -0.4 is 0 Å². The summed E-state index contributed by atoms with van der Waals surface area (Å²) in [6.07, 6.45) is 4.04. The van der Waals surface area contributed by atoms with E-state index < -0.39 is 0 Å². The molecule has 0 aliphatic carbocycles. The molecule has 1 fully saturated rings. The van der Waals surface area contributed by atoms with Crippen LogP contribution in [0.5, 0.6) is 0 Å². The first kappa shape index (κ1) is 6.75. The highest BCUT2D eigenvalue weighted by Crippen LogP contribution is 2.04. The van der Waals surface area contributed by atoms with Crippen molar-refractivity contribution in [1.82, 2.24) is 0 Å². The predicted molar refractivity (Wildman–Crippen MR) is 34.3 cm³/mol. The van der Waals surface area contributed by atoms with E-state index in [4.69, 9.17) is 4.74 Å². The van der Waals surface area contributed by atoms with E-state index in [2.05, 4.69) is 0 Å². The zero-order valence-electron chi connectivity index (χ0n) is 5.56. The number of ether oxygens (including phenoxy) is 1. The highest BCUT2D eigenvalue weighted by molar-refractivity contribution is 5.79. The normalized spacial score (nSPS) is 22.9. The maximum Gasteiger partial charge on any atom is 0.158 e. The van der Waals surface area contributed by atoms with E-state index in [-0.39, 0.29) is 5.78 Å². The summed E-state index contributed by atoms with van der Waals surface area (Å²) >= 11 is 0. The van der Waals surface area contributed by atoms with E-state index in [0.29, 0.717) is 6.61 Å². The van der Waals surface area contributed by atoms with E-state index in [1.54, 1.807) is 0 Å². The van der Waals surface area contributed by atoms with Gasteiger partial charge in [0, 0.05) is 13.0 Å². The van der Waals surface area contributed by atoms with Gasteiger partial charge in [-0.15, -0.1) is 0 Å². The quantitative estimate of drug-likeness (QED) is 0.489. The average molecular weight is 128 g/mol. The van der Waals surface area contributed by atoms with Gasteiger partial charge in [0.2, 0.25) is 0 Å². The fraction of sp³-hybridized carbons (Fsp3) is 0.857. The second kappa shape index (κ2) is 3.62. The number of carbonyl (C=O) groups is 1. The van der Waals surface area contributed by atoms with Crippen molar-refractivity contribution < 1.29 is 9.53 Å². The van der Waals surface area contributed by atoms with Gasteiger partial charge in [0.05, 0.1) is 0 Å². The largest absolute Gasteiger partial charge is 0.374 e. The van der Waals surface area contributed by atoms with Gasteiger partial charge in [0.25, 0.3) is 0 Å². The Morgan fingerprint density at radius 2 is 2.11 bits per heavy atom. The SMILES string of the molecule is O=C1CCCCCOC1. The first-order valence-corrected chi connectivity index (χ1v) is 3.49. The molecule has 9 heavy (non-hydrogen) atoms. The predicted octanol–water partition coefficient (Wildman–Crippen LogP) is 1.15. The number of ketones is 1. The summed E-state index contributed by atoms with van der Waals surface area (Å²) < 4.78 is 5.04. The lowest BCUT2D eigenvalue weighted by Crippen LogP contribution is -2.11. The Morgan fingerprint density at radius 3 is 3.00 bits per heavy atom. The lowest BCUT2D eigenvalue weighted by Gasteiger charge is -2.07. The van der Waals surface area contributed by atoms with E-state index in [1.807, 2.05) is 0 Å². The molecule has 1 aliphatic heterocycles. The molecule has 0 spiro atoms. The van der Waals surface area contributed by atoms with Crippen molar-refractivity contribution in [3.63, 3.8) is 0 Å². The monoisotopic (exact) mass is 128 g/mol. The van der Waals surface area contributed by atoms with Crippen molar-refractivity contribution in [2.75, 3.05) is 13.2 Å². The van der Waals surface area contributed by atoms with Gasteiger partial charge in [-0.1, -0.05) is 6.42 Å². The molecule has 0 aromatic heterocycles. The topological polar surface area (TPSA) is 26.3 Å². The molecule has 52 valence electrons. The average Bonchev–Trinajstić information content (AvgIpc) is 1.79. The summed E-state index contributed by atoms with van der Waals surface area (Å²) in [5.41, 5.74) is 0. The standard InChI is InChI=1S/C7H12O2/c8-7-4-2-1-3-5-9-6-7/h1-6H2. The Bertz CT molecular complexity index is 89.1. The molecule has 2 heteroatoms. The molecule has 2 nitrogen and oxygen atoms in total. The molecule has 0 aromatic carbocycles. The molecular formula is C7H12O2. The first-order chi connectivity index (χ1) is 4.39. The fourth-order valence-electron chi connectivity index (χ4n) is 0.961. The highest BCUT2D eigenvalue weighted by atomic mass is 16.5. The van der Waals surface area contributed by atoms with Gasteiger partial charge in [-0.25, -0.2) is 0 Å². The van der Waals surface area contributed by atoms with Crippen LogP contribution in [0.2, 0.25) is 0 Å². The van der Waals surface area contributed by atoms with Gasteiger partial charge in [0.15, 0.2) is 5.78 Å². The summed E-state index contributed by atoms with van der Waals surface area (Å²) in [7, 11) is 0. The molecule has 0 N–H and O–H groups in total. The second-order valence-electron chi connectivity index (χ2n) is 2.40. The van der Waals surface area contributed by atoms with Gasteiger partial charge in [-0.2, -0.15) is 0 Å². The van der Waals surface area contributed by atoms with E-state index in [1.165, 1.54) is 0 Å². The number of hydrogen-bond donors (Lipinski definition) is 0. The van der Waals surface area contributed by atoms with Crippen molar-refractivity contribution in [2.45, 2.75) is 25.7 Å². The first-order valence-electron chi connectivity index (χ1n) is 3.49. The highest BCUT2D eigenvalue weighted by Gasteiger charge is 2.04. The second-order valence-corrected chi connectivity index (χ2v) is 2.40. The van der Waals surface area contributed by atoms with Gasteiger partial charge in [-0.3, -0.25) is 4.79 Å². The summed E-state index contributed by atoms with van der Waals surface area (Å²) in [4.78, 5) is 10.7. The molecular weight excluding hydrogens is 116 g/mol. The summed E-state index contributed by atoms with van der Waals surface area (Å²) in [6, 6.07) is 0. The third kappa shape index (κ3) is 2.61. The van der Waals surface area contributed by atoms with E-state index >= 15 is 0 Å². The van der Waals surface area contributed by atoms with Gasteiger partial charge < -0.3 is 4.74 Å². The van der Waals surface area contributed by atoms with E-state index in [9.17, 15) is 4.79 Å². The number of hydrogen-bond acceptors (Lipinski definition) is 2. The van der Waals surface area contributed by atoms with Crippen LogP contribution in [0.15, 0.2) is 0 Å². The Morgan fingerprint density at radius 1 is 1.22 bits per heavy atom. The van der Waals surface area contributed by atoms with Crippen LogP contribution >= 0.6 is 0 Å².